The highest BCUT2D eigenvalue weighted by Crippen LogP contribution is 2.42. The molecule has 1 fully saturated rings. The van der Waals surface area contributed by atoms with Crippen LogP contribution < -0.4 is 10.2 Å². The molecule has 0 amide bonds. The molecular formula is C22H22N8OS. The molecule has 32 heavy (non-hydrogen) atoms. The highest BCUT2D eigenvalue weighted by Gasteiger charge is 2.26. The molecule has 10 heteroatoms. The van der Waals surface area contributed by atoms with Crippen LogP contribution in [0.5, 0.6) is 0 Å². The van der Waals surface area contributed by atoms with Gasteiger partial charge in [0.15, 0.2) is 22.8 Å². The average molecular weight is 447 g/mol. The number of fused-ring (bicyclic) bond motifs is 3. The van der Waals surface area contributed by atoms with Crippen LogP contribution in [0.2, 0.25) is 0 Å². The van der Waals surface area contributed by atoms with Crippen LogP contribution in [0, 0.1) is 0 Å². The third-order valence-corrected chi connectivity index (χ3v) is 6.69. The van der Waals surface area contributed by atoms with E-state index in [-0.39, 0.29) is 12.2 Å². The number of nitrogens with one attached hydrogen (secondary N) is 1. The van der Waals surface area contributed by atoms with Crippen molar-refractivity contribution in [2.75, 3.05) is 23.3 Å². The fourth-order valence-electron chi connectivity index (χ4n) is 4.34. The molecule has 2 unspecified atom stereocenters. The Bertz CT molecular complexity index is 1300. The fourth-order valence-corrected chi connectivity index (χ4v) is 5.22. The van der Waals surface area contributed by atoms with Gasteiger partial charge in [0.25, 0.3) is 0 Å². The van der Waals surface area contributed by atoms with Crippen LogP contribution in [0.3, 0.4) is 0 Å². The van der Waals surface area contributed by atoms with Crippen molar-refractivity contribution in [1.29, 1.82) is 0 Å². The number of nitrogens with zero attached hydrogens (tertiary/aromatic N) is 7. The highest BCUT2D eigenvalue weighted by atomic mass is 32.2. The molecule has 0 bridgehead atoms. The molecule has 6 rings (SSSR count). The quantitative estimate of drug-likeness (QED) is 0.447. The minimum Gasteiger partial charge on any atom is -0.372 e. The molecule has 1 saturated heterocycles. The van der Waals surface area contributed by atoms with Crippen LogP contribution in [-0.2, 0) is 11.3 Å². The van der Waals surface area contributed by atoms with E-state index in [1.54, 1.807) is 30.5 Å². The summed E-state index contributed by atoms with van der Waals surface area (Å²) >= 11 is 1.63. The molecule has 0 radical (unpaired) electrons. The molecular weight excluding hydrogens is 424 g/mol. The van der Waals surface area contributed by atoms with Gasteiger partial charge in [0, 0.05) is 30.4 Å². The summed E-state index contributed by atoms with van der Waals surface area (Å²) in [5.74, 6) is 1.66. The summed E-state index contributed by atoms with van der Waals surface area (Å²) in [4.78, 5) is 25.9. The lowest BCUT2D eigenvalue weighted by atomic mass is 10.2. The smallest absolute Gasteiger partial charge is 0.165 e. The predicted molar refractivity (Wildman–Crippen MR) is 123 cm³/mol. The Kier molecular flexibility index (Phi) is 4.69. The summed E-state index contributed by atoms with van der Waals surface area (Å²) in [6.45, 7) is 6.43. The maximum Gasteiger partial charge on any atom is 0.165 e. The Morgan fingerprint density at radius 3 is 2.78 bits per heavy atom. The summed E-state index contributed by atoms with van der Waals surface area (Å²) in [7, 11) is 0. The van der Waals surface area contributed by atoms with Crippen molar-refractivity contribution in [2.24, 2.45) is 0 Å². The standard InChI is InChI=1S/C22H22N8OS/c1-13-8-29(9-14(2)31-13)20-18-21(26-11-25-20)30(12-27-18)10-15-3-4-17-16(7-15)28-19-22(32-17)24-6-5-23-19/h3-7,11-14H,8-10H2,1-2H3,(H,23,28). The van der Waals surface area contributed by atoms with Gasteiger partial charge in [0.05, 0.1) is 30.8 Å². The zero-order valence-corrected chi connectivity index (χ0v) is 18.6. The Balaban J connectivity index is 1.29. The van der Waals surface area contributed by atoms with Crippen molar-refractivity contribution >= 4 is 40.2 Å². The molecule has 2 atom stereocenters. The van der Waals surface area contributed by atoms with E-state index in [0.29, 0.717) is 6.54 Å². The second kappa shape index (κ2) is 7.72. The largest absolute Gasteiger partial charge is 0.372 e. The Hall–Kier alpha value is -3.24. The van der Waals surface area contributed by atoms with Crippen molar-refractivity contribution in [2.45, 2.75) is 42.5 Å². The maximum absolute atomic E-state index is 5.87. The SMILES string of the molecule is CC1CN(c2ncnc3c2ncn3Cc2ccc3c(c2)Nc2nccnc2S3)CC(C)O1. The van der Waals surface area contributed by atoms with Crippen molar-refractivity contribution in [3.05, 3.63) is 48.8 Å². The van der Waals surface area contributed by atoms with E-state index in [2.05, 4.69) is 71.8 Å². The molecule has 9 nitrogen and oxygen atoms in total. The number of benzene rings is 1. The number of morpholine rings is 1. The van der Waals surface area contributed by atoms with E-state index in [1.807, 2.05) is 6.33 Å². The molecule has 162 valence electrons. The van der Waals surface area contributed by atoms with Gasteiger partial charge in [0.1, 0.15) is 11.4 Å². The first-order valence-corrected chi connectivity index (χ1v) is 11.4. The van der Waals surface area contributed by atoms with Crippen LogP contribution in [0.1, 0.15) is 19.4 Å². The second-order valence-electron chi connectivity index (χ2n) is 8.17. The number of ether oxygens (including phenoxy) is 1. The lowest BCUT2D eigenvalue weighted by Crippen LogP contribution is -2.46. The summed E-state index contributed by atoms with van der Waals surface area (Å²) < 4.78 is 7.94. The van der Waals surface area contributed by atoms with E-state index < -0.39 is 0 Å². The zero-order chi connectivity index (χ0) is 21.7. The van der Waals surface area contributed by atoms with Gasteiger partial charge in [-0.05, 0) is 31.5 Å². The van der Waals surface area contributed by atoms with Gasteiger partial charge < -0.3 is 19.5 Å². The summed E-state index contributed by atoms with van der Waals surface area (Å²) in [6.07, 6.45) is 7.19. The normalized spacial score (nSPS) is 20.0. The van der Waals surface area contributed by atoms with Crippen LogP contribution in [-0.4, -0.2) is 54.8 Å². The second-order valence-corrected chi connectivity index (χ2v) is 9.20. The number of imidazole rings is 1. The molecule has 3 aromatic heterocycles. The van der Waals surface area contributed by atoms with Crippen LogP contribution >= 0.6 is 11.8 Å². The Labute approximate surface area is 189 Å². The van der Waals surface area contributed by atoms with Gasteiger partial charge in [-0.1, -0.05) is 17.8 Å². The maximum atomic E-state index is 5.87. The number of aromatic nitrogens is 6. The lowest BCUT2D eigenvalue weighted by molar-refractivity contribution is -0.00538. The van der Waals surface area contributed by atoms with E-state index in [9.17, 15) is 0 Å². The van der Waals surface area contributed by atoms with Gasteiger partial charge in [-0.2, -0.15) is 0 Å². The van der Waals surface area contributed by atoms with Crippen molar-refractivity contribution in [3.8, 4) is 0 Å². The number of rotatable bonds is 3. The first-order chi connectivity index (χ1) is 15.6. The Morgan fingerprint density at radius 2 is 1.91 bits per heavy atom. The van der Waals surface area contributed by atoms with E-state index in [0.717, 1.165) is 57.1 Å². The third kappa shape index (κ3) is 3.45. The summed E-state index contributed by atoms with van der Waals surface area (Å²) in [5.41, 5.74) is 3.84. The first kappa shape index (κ1) is 19.4. The highest BCUT2D eigenvalue weighted by molar-refractivity contribution is 7.99. The van der Waals surface area contributed by atoms with Gasteiger partial charge in [-0.25, -0.2) is 24.9 Å². The molecule has 2 aliphatic rings. The predicted octanol–water partition coefficient (Wildman–Crippen LogP) is 3.49. The van der Waals surface area contributed by atoms with Crippen LogP contribution in [0.15, 0.2) is 53.2 Å². The third-order valence-electron chi connectivity index (χ3n) is 5.62. The lowest BCUT2D eigenvalue weighted by Gasteiger charge is -2.35. The van der Waals surface area contributed by atoms with Crippen LogP contribution in [0.4, 0.5) is 17.3 Å². The zero-order valence-electron chi connectivity index (χ0n) is 17.8. The van der Waals surface area contributed by atoms with Crippen LogP contribution in [0.25, 0.3) is 11.2 Å². The number of hydrogen-bond acceptors (Lipinski definition) is 9. The molecule has 0 aliphatic carbocycles. The molecule has 0 saturated carbocycles. The fraction of sp³-hybridized carbons (Fsp3) is 0.318. The minimum atomic E-state index is 0.154. The number of anilines is 3. The molecule has 1 aromatic carbocycles. The summed E-state index contributed by atoms with van der Waals surface area (Å²) in [6, 6.07) is 6.41. The molecule has 4 aromatic rings. The van der Waals surface area contributed by atoms with Crippen molar-refractivity contribution < 1.29 is 4.74 Å². The van der Waals surface area contributed by atoms with E-state index >= 15 is 0 Å². The molecule has 5 heterocycles. The minimum absolute atomic E-state index is 0.154. The molecule has 0 spiro atoms. The van der Waals surface area contributed by atoms with E-state index in [1.165, 1.54) is 0 Å². The summed E-state index contributed by atoms with van der Waals surface area (Å²) in [5, 5.41) is 4.29. The van der Waals surface area contributed by atoms with Crippen molar-refractivity contribution in [3.63, 3.8) is 0 Å². The van der Waals surface area contributed by atoms with Gasteiger partial charge >= 0.3 is 0 Å². The first-order valence-electron chi connectivity index (χ1n) is 10.6. The van der Waals surface area contributed by atoms with E-state index in [4.69, 9.17) is 4.74 Å². The van der Waals surface area contributed by atoms with Gasteiger partial charge in [-0.3, -0.25) is 0 Å². The average Bonchev–Trinajstić information content (AvgIpc) is 3.20. The number of hydrogen-bond donors (Lipinski definition) is 1. The topological polar surface area (TPSA) is 93.9 Å². The molecule has 2 aliphatic heterocycles. The van der Waals surface area contributed by atoms with Crippen molar-refractivity contribution in [1.82, 2.24) is 29.5 Å². The van der Waals surface area contributed by atoms with Gasteiger partial charge in [-0.15, -0.1) is 0 Å². The van der Waals surface area contributed by atoms with Gasteiger partial charge in [0.2, 0.25) is 0 Å². The Morgan fingerprint density at radius 1 is 1.06 bits per heavy atom. The monoisotopic (exact) mass is 446 g/mol. The molecule has 1 N–H and O–H groups in total.